The van der Waals surface area contributed by atoms with Crippen LogP contribution in [0, 0.1) is 6.92 Å². The van der Waals surface area contributed by atoms with E-state index in [1.54, 1.807) is 6.26 Å². The van der Waals surface area contributed by atoms with Crippen LogP contribution in [0.2, 0.25) is 0 Å². The molecule has 106 valence electrons. The maximum absolute atomic E-state index is 5.61. The average molecular weight is 271 g/mol. The fourth-order valence-electron chi connectivity index (χ4n) is 2.59. The Labute approximate surface area is 119 Å². The Kier molecular flexibility index (Phi) is 3.85. The normalized spacial score (nSPS) is 20.2. The van der Waals surface area contributed by atoms with Crippen molar-refractivity contribution in [2.75, 3.05) is 19.6 Å². The van der Waals surface area contributed by atoms with E-state index >= 15 is 0 Å². The largest absolute Gasteiger partial charge is 0.444 e. The molecule has 1 aliphatic rings. The second kappa shape index (κ2) is 5.77. The third-order valence-electron chi connectivity index (χ3n) is 3.69. The molecule has 2 heterocycles. The topological polar surface area (TPSA) is 41.3 Å². The zero-order valence-electron chi connectivity index (χ0n) is 12.1. The van der Waals surface area contributed by atoms with Crippen LogP contribution in [-0.4, -0.2) is 35.6 Å². The van der Waals surface area contributed by atoms with Gasteiger partial charge >= 0.3 is 0 Å². The van der Waals surface area contributed by atoms with Gasteiger partial charge in [0.05, 0.1) is 5.69 Å². The van der Waals surface area contributed by atoms with E-state index in [2.05, 4.69) is 53.3 Å². The van der Waals surface area contributed by atoms with Gasteiger partial charge in [0.1, 0.15) is 6.26 Å². The fraction of sp³-hybridized carbons (Fsp3) is 0.438. The van der Waals surface area contributed by atoms with Crippen molar-refractivity contribution in [3.63, 3.8) is 0 Å². The first kappa shape index (κ1) is 13.3. The SMILES string of the molecule is Cc1ccc(-c2nc(CN3CCN[C@H](C)C3)co2)cc1. The molecule has 1 N–H and O–H groups in total. The fourth-order valence-corrected chi connectivity index (χ4v) is 2.59. The highest BCUT2D eigenvalue weighted by Crippen LogP contribution is 2.19. The van der Waals surface area contributed by atoms with Crippen molar-refractivity contribution in [3.05, 3.63) is 41.8 Å². The number of aryl methyl sites for hydroxylation is 1. The molecular formula is C16H21N3O. The molecule has 0 unspecified atom stereocenters. The van der Waals surface area contributed by atoms with Crippen LogP contribution in [0.5, 0.6) is 0 Å². The van der Waals surface area contributed by atoms with Crippen molar-refractivity contribution in [2.24, 2.45) is 0 Å². The summed E-state index contributed by atoms with van der Waals surface area (Å²) in [7, 11) is 0. The minimum atomic E-state index is 0.548. The summed E-state index contributed by atoms with van der Waals surface area (Å²) in [6.07, 6.45) is 1.78. The van der Waals surface area contributed by atoms with Gasteiger partial charge in [0, 0.05) is 37.8 Å². The Morgan fingerprint density at radius 2 is 2.15 bits per heavy atom. The number of piperazine rings is 1. The Balaban J connectivity index is 1.69. The van der Waals surface area contributed by atoms with Crippen LogP contribution < -0.4 is 5.32 Å². The second-order valence-corrected chi connectivity index (χ2v) is 5.60. The maximum atomic E-state index is 5.61. The van der Waals surface area contributed by atoms with E-state index in [1.807, 2.05) is 0 Å². The van der Waals surface area contributed by atoms with Gasteiger partial charge in [-0.05, 0) is 26.0 Å². The molecule has 4 heteroatoms. The van der Waals surface area contributed by atoms with Crippen LogP contribution in [0.3, 0.4) is 0 Å². The highest BCUT2D eigenvalue weighted by molar-refractivity contribution is 5.53. The van der Waals surface area contributed by atoms with Crippen molar-refractivity contribution < 1.29 is 4.42 Å². The molecule has 2 aromatic rings. The van der Waals surface area contributed by atoms with Crippen LogP contribution in [0.25, 0.3) is 11.5 Å². The summed E-state index contributed by atoms with van der Waals surface area (Å²) in [6, 6.07) is 8.82. The van der Waals surface area contributed by atoms with Crippen molar-refractivity contribution >= 4 is 0 Å². The lowest BCUT2D eigenvalue weighted by Crippen LogP contribution is -2.48. The molecule has 1 fully saturated rings. The number of oxazole rings is 1. The lowest BCUT2D eigenvalue weighted by Gasteiger charge is -2.31. The standard InChI is InChI=1S/C16H21N3O/c1-12-3-5-14(6-4-12)16-18-15(11-20-16)10-19-8-7-17-13(2)9-19/h3-6,11,13,17H,7-10H2,1-2H3/t13-/m1/s1. The summed E-state index contributed by atoms with van der Waals surface area (Å²) in [6.45, 7) is 8.33. The summed E-state index contributed by atoms with van der Waals surface area (Å²) in [4.78, 5) is 7.02. The Morgan fingerprint density at radius 1 is 1.35 bits per heavy atom. The summed E-state index contributed by atoms with van der Waals surface area (Å²) < 4.78 is 5.61. The third kappa shape index (κ3) is 3.08. The molecule has 0 spiro atoms. The molecule has 20 heavy (non-hydrogen) atoms. The Hall–Kier alpha value is -1.65. The summed E-state index contributed by atoms with van der Waals surface area (Å²) in [5.74, 6) is 0.711. The van der Waals surface area contributed by atoms with E-state index in [0.717, 1.165) is 37.4 Å². The van der Waals surface area contributed by atoms with Gasteiger partial charge < -0.3 is 9.73 Å². The van der Waals surface area contributed by atoms with Crippen LogP contribution in [0.15, 0.2) is 34.9 Å². The minimum Gasteiger partial charge on any atom is -0.444 e. The van der Waals surface area contributed by atoms with Crippen molar-refractivity contribution in [1.82, 2.24) is 15.2 Å². The van der Waals surface area contributed by atoms with Crippen molar-refractivity contribution in [2.45, 2.75) is 26.4 Å². The van der Waals surface area contributed by atoms with Crippen LogP contribution in [0.4, 0.5) is 0 Å². The number of aromatic nitrogens is 1. The van der Waals surface area contributed by atoms with Gasteiger partial charge in [0.15, 0.2) is 0 Å². The number of nitrogens with one attached hydrogen (secondary N) is 1. The molecule has 1 atom stereocenters. The molecule has 0 saturated carbocycles. The summed E-state index contributed by atoms with van der Waals surface area (Å²) in [5.41, 5.74) is 3.29. The first-order chi connectivity index (χ1) is 9.70. The van der Waals surface area contributed by atoms with Gasteiger partial charge in [-0.25, -0.2) is 4.98 Å². The molecular weight excluding hydrogens is 250 g/mol. The predicted octanol–water partition coefficient (Wildman–Crippen LogP) is 2.44. The summed E-state index contributed by atoms with van der Waals surface area (Å²) in [5, 5.41) is 3.45. The maximum Gasteiger partial charge on any atom is 0.226 e. The summed E-state index contributed by atoms with van der Waals surface area (Å²) >= 11 is 0. The zero-order valence-corrected chi connectivity index (χ0v) is 12.1. The zero-order chi connectivity index (χ0) is 13.9. The van der Waals surface area contributed by atoms with Gasteiger partial charge in [0.2, 0.25) is 5.89 Å². The number of hydrogen-bond donors (Lipinski definition) is 1. The van der Waals surface area contributed by atoms with Gasteiger partial charge in [0.25, 0.3) is 0 Å². The van der Waals surface area contributed by atoms with Crippen molar-refractivity contribution in [1.29, 1.82) is 0 Å². The van der Waals surface area contributed by atoms with Crippen LogP contribution in [-0.2, 0) is 6.54 Å². The van der Waals surface area contributed by atoms with Crippen LogP contribution >= 0.6 is 0 Å². The number of nitrogens with zero attached hydrogens (tertiary/aromatic N) is 2. The van der Waals surface area contributed by atoms with Gasteiger partial charge in [-0.2, -0.15) is 0 Å². The monoisotopic (exact) mass is 271 g/mol. The molecule has 1 aliphatic heterocycles. The lowest BCUT2D eigenvalue weighted by molar-refractivity contribution is 0.197. The van der Waals surface area contributed by atoms with Gasteiger partial charge in [-0.3, -0.25) is 4.90 Å². The lowest BCUT2D eigenvalue weighted by atomic mass is 10.1. The van der Waals surface area contributed by atoms with E-state index in [0.29, 0.717) is 11.9 Å². The highest BCUT2D eigenvalue weighted by Gasteiger charge is 2.17. The molecule has 1 saturated heterocycles. The molecule has 3 rings (SSSR count). The quantitative estimate of drug-likeness (QED) is 0.931. The first-order valence-electron chi connectivity index (χ1n) is 7.18. The van der Waals surface area contributed by atoms with Gasteiger partial charge in [-0.15, -0.1) is 0 Å². The average Bonchev–Trinajstić information content (AvgIpc) is 2.88. The number of hydrogen-bond acceptors (Lipinski definition) is 4. The van der Waals surface area contributed by atoms with E-state index in [-0.39, 0.29) is 0 Å². The number of benzene rings is 1. The smallest absolute Gasteiger partial charge is 0.226 e. The van der Waals surface area contributed by atoms with Crippen LogP contribution in [0.1, 0.15) is 18.2 Å². The molecule has 0 bridgehead atoms. The minimum absolute atomic E-state index is 0.548. The molecule has 4 nitrogen and oxygen atoms in total. The first-order valence-corrected chi connectivity index (χ1v) is 7.18. The predicted molar refractivity (Wildman–Crippen MR) is 79.4 cm³/mol. The molecule has 0 aliphatic carbocycles. The molecule has 1 aromatic carbocycles. The van der Waals surface area contributed by atoms with E-state index < -0.39 is 0 Å². The number of rotatable bonds is 3. The Bertz CT molecular complexity index is 561. The van der Waals surface area contributed by atoms with E-state index in [9.17, 15) is 0 Å². The second-order valence-electron chi connectivity index (χ2n) is 5.60. The third-order valence-corrected chi connectivity index (χ3v) is 3.69. The van der Waals surface area contributed by atoms with Crippen molar-refractivity contribution in [3.8, 4) is 11.5 Å². The van der Waals surface area contributed by atoms with E-state index in [4.69, 9.17) is 4.42 Å². The molecule has 1 aromatic heterocycles. The highest BCUT2D eigenvalue weighted by atomic mass is 16.3. The molecule has 0 amide bonds. The Morgan fingerprint density at radius 3 is 2.90 bits per heavy atom. The van der Waals surface area contributed by atoms with E-state index in [1.165, 1.54) is 5.56 Å². The molecule has 0 radical (unpaired) electrons. The van der Waals surface area contributed by atoms with Gasteiger partial charge in [-0.1, -0.05) is 17.7 Å².